The highest BCUT2D eigenvalue weighted by Gasteiger charge is 2.40. The Morgan fingerprint density at radius 2 is 2.00 bits per heavy atom. The number of hydrogen-bond donors (Lipinski definition) is 0. The number of nitrogens with zero attached hydrogens (tertiary/aromatic N) is 6. The van der Waals surface area contributed by atoms with Crippen molar-refractivity contribution in [3.8, 4) is 0 Å². The molecule has 144 valence electrons. The Morgan fingerprint density at radius 3 is 2.59 bits per heavy atom. The summed E-state index contributed by atoms with van der Waals surface area (Å²) in [6.07, 6.45) is 1.69. The standard InChI is InChI=1S/C18H22F2N6O/c1-11-23-24-13(27-11)9-25-7-5-12-14(25)21-16(17(2,3)4)22-15(12)26-8-6-18(19,20)10-26/h5,7H,6,8-10H2,1-4H3. The molecule has 0 bridgehead atoms. The van der Waals surface area contributed by atoms with Crippen LogP contribution in [-0.2, 0) is 12.0 Å². The van der Waals surface area contributed by atoms with Gasteiger partial charge in [0.1, 0.15) is 23.8 Å². The Balaban J connectivity index is 1.82. The van der Waals surface area contributed by atoms with Gasteiger partial charge in [-0.3, -0.25) is 0 Å². The largest absolute Gasteiger partial charge is 0.424 e. The van der Waals surface area contributed by atoms with Crippen LogP contribution >= 0.6 is 0 Å². The van der Waals surface area contributed by atoms with Crippen molar-refractivity contribution in [1.82, 2.24) is 24.7 Å². The molecule has 1 fully saturated rings. The van der Waals surface area contributed by atoms with Crippen LogP contribution in [0, 0.1) is 6.92 Å². The molecule has 7 nitrogen and oxygen atoms in total. The first kappa shape index (κ1) is 17.8. The average molecular weight is 376 g/mol. The van der Waals surface area contributed by atoms with E-state index in [9.17, 15) is 8.78 Å². The van der Waals surface area contributed by atoms with Crippen LogP contribution in [0.15, 0.2) is 16.7 Å². The van der Waals surface area contributed by atoms with Crippen molar-refractivity contribution >= 4 is 16.9 Å². The van der Waals surface area contributed by atoms with Crippen LogP contribution < -0.4 is 4.90 Å². The lowest BCUT2D eigenvalue weighted by atomic mass is 9.95. The molecule has 0 unspecified atom stereocenters. The second kappa shape index (κ2) is 5.97. The van der Waals surface area contributed by atoms with Crippen molar-refractivity contribution in [3.63, 3.8) is 0 Å². The minimum absolute atomic E-state index is 0.161. The van der Waals surface area contributed by atoms with Crippen LogP contribution in [-0.4, -0.2) is 43.7 Å². The maximum atomic E-state index is 13.8. The molecule has 0 saturated carbocycles. The van der Waals surface area contributed by atoms with E-state index in [0.717, 1.165) is 5.39 Å². The van der Waals surface area contributed by atoms with Crippen molar-refractivity contribution in [2.45, 2.75) is 52.0 Å². The predicted octanol–water partition coefficient (Wildman–Crippen LogP) is 3.31. The molecule has 4 rings (SSSR count). The lowest BCUT2D eigenvalue weighted by Gasteiger charge is -2.23. The van der Waals surface area contributed by atoms with Gasteiger partial charge in [0.05, 0.1) is 11.9 Å². The summed E-state index contributed by atoms with van der Waals surface area (Å²) < 4.78 is 34.9. The van der Waals surface area contributed by atoms with E-state index in [1.165, 1.54) is 0 Å². The molecule has 0 aromatic carbocycles. The lowest BCUT2D eigenvalue weighted by Crippen LogP contribution is -2.27. The second-order valence-corrected chi connectivity index (χ2v) is 8.04. The molecule has 0 atom stereocenters. The van der Waals surface area contributed by atoms with Crippen LogP contribution in [0.1, 0.15) is 44.8 Å². The Labute approximate surface area is 155 Å². The Bertz CT molecular complexity index is 988. The molecule has 0 spiro atoms. The maximum absolute atomic E-state index is 13.8. The van der Waals surface area contributed by atoms with Gasteiger partial charge in [0.25, 0.3) is 5.92 Å². The number of alkyl halides is 2. The first-order valence-corrected chi connectivity index (χ1v) is 8.91. The maximum Gasteiger partial charge on any atom is 0.266 e. The molecule has 0 radical (unpaired) electrons. The first-order valence-electron chi connectivity index (χ1n) is 8.91. The van der Waals surface area contributed by atoms with Crippen molar-refractivity contribution in [3.05, 3.63) is 29.9 Å². The zero-order valence-corrected chi connectivity index (χ0v) is 15.8. The zero-order chi connectivity index (χ0) is 19.4. The van der Waals surface area contributed by atoms with Gasteiger partial charge in [0.2, 0.25) is 11.8 Å². The summed E-state index contributed by atoms with van der Waals surface area (Å²) in [5.41, 5.74) is 0.359. The highest BCUT2D eigenvalue weighted by Crippen LogP contribution is 2.35. The van der Waals surface area contributed by atoms with Gasteiger partial charge in [-0.25, -0.2) is 18.7 Å². The summed E-state index contributed by atoms with van der Waals surface area (Å²) >= 11 is 0. The number of aryl methyl sites for hydroxylation is 1. The number of aromatic nitrogens is 5. The van der Waals surface area contributed by atoms with Crippen LogP contribution in [0.5, 0.6) is 0 Å². The average Bonchev–Trinajstić information content (AvgIpc) is 3.26. The molecule has 1 aliphatic rings. The van der Waals surface area contributed by atoms with Gasteiger partial charge < -0.3 is 13.9 Å². The Kier molecular flexibility index (Phi) is 3.94. The van der Waals surface area contributed by atoms with E-state index in [1.54, 1.807) is 11.8 Å². The normalized spacial score (nSPS) is 17.2. The molecular formula is C18H22F2N6O. The molecule has 9 heteroatoms. The second-order valence-electron chi connectivity index (χ2n) is 8.04. The number of fused-ring (bicyclic) bond motifs is 1. The molecule has 1 saturated heterocycles. The molecule has 27 heavy (non-hydrogen) atoms. The van der Waals surface area contributed by atoms with Gasteiger partial charge in [-0.15, -0.1) is 10.2 Å². The molecule has 0 amide bonds. The van der Waals surface area contributed by atoms with E-state index >= 15 is 0 Å². The molecule has 3 aromatic rings. The predicted molar refractivity (Wildman–Crippen MR) is 96.1 cm³/mol. The zero-order valence-electron chi connectivity index (χ0n) is 15.8. The van der Waals surface area contributed by atoms with E-state index in [2.05, 4.69) is 15.2 Å². The number of hydrogen-bond acceptors (Lipinski definition) is 6. The van der Waals surface area contributed by atoms with Crippen molar-refractivity contribution in [1.29, 1.82) is 0 Å². The minimum atomic E-state index is -2.69. The summed E-state index contributed by atoms with van der Waals surface area (Å²) in [4.78, 5) is 11.0. The lowest BCUT2D eigenvalue weighted by molar-refractivity contribution is 0.0257. The van der Waals surface area contributed by atoms with E-state index in [4.69, 9.17) is 9.40 Å². The SMILES string of the molecule is Cc1nnc(Cn2ccc3c(N4CCC(F)(F)C4)nc(C(C)(C)C)nc32)o1. The van der Waals surface area contributed by atoms with E-state index < -0.39 is 5.92 Å². The van der Waals surface area contributed by atoms with Gasteiger partial charge in [-0.1, -0.05) is 20.8 Å². The third kappa shape index (κ3) is 3.38. The number of rotatable bonds is 3. The van der Waals surface area contributed by atoms with E-state index in [1.807, 2.05) is 37.6 Å². The van der Waals surface area contributed by atoms with Gasteiger partial charge >= 0.3 is 0 Å². The van der Waals surface area contributed by atoms with Gasteiger partial charge in [0.15, 0.2) is 0 Å². The van der Waals surface area contributed by atoms with Crippen molar-refractivity contribution in [2.24, 2.45) is 0 Å². The van der Waals surface area contributed by atoms with Crippen LogP contribution in [0.4, 0.5) is 14.6 Å². The van der Waals surface area contributed by atoms with Crippen molar-refractivity contribution < 1.29 is 13.2 Å². The fourth-order valence-electron chi connectivity index (χ4n) is 3.22. The summed E-state index contributed by atoms with van der Waals surface area (Å²) in [5.74, 6) is -0.561. The van der Waals surface area contributed by atoms with Gasteiger partial charge in [-0.2, -0.15) is 0 Å². The number of anilines is 1. The topological polar surface area (TPSA) is 72.9 Å². The fraction of sp³-hybridized carbons (Fsp3) is 0.556. The third-order valence-corrected chi connectivity index (χ3v) is 4.61. The van der Waals surface area contributed by atoms with Gasteiger partial charge in [-0.05, 0) is 6.07 Å². The van der Waals surface area contributed by atoms with Crippen molar-refractivity contribution in [2.75, 3.05) is 18.0 Å². The molecule has 1 aliphatic heterocycles. The first-order chi connectivity index (χ1) is 12.6. The molecule has 0 aliphatic carbocycles. The molecular weight excluding hydrogens is 354 g/mol. The summed E-state index contributed by atoms with van der Waals surface area (Å²) in [5, 5.41) is 8.62. The quantitative estimate of drug-likeness (QED) is 0.698. The smallest absolute Gasteiger partial charge is 0.266 e. The van der Waals surface area contributed by atoms with Crippen LogP contribution in [0.3, 0.4) is 0 Å². The molecule has 4 heterocycles. The Hall–Kier alpha value is -2.58. The summed E-state index contributed by atoms with van der Waals surface area (Å²) in [6.45, 7) is 8.06. The van der Waals surface area contributed by atoms with Crippen LogP contribution in [0.2, 0.25) is 0 Å². The monoisotopic (exact) mass is 376 g/mol. The van der Waals surface area contributed by atoms with Gasteiger partial charge in [0, 0.05) is 31.5 Å². The van der Waals surface area contributed by atoms with E-state index in [0.29, 0.717) is 35.6 Å². The molecule has 0 N–H and O–H groups in total. The molecule has 3 aromatic heterocycles. The summed E-state index contributed by atoms with van der Waals surface area (Å²) in [6, 6.07) is 1.86. The third-order valence-electron chi connectivity index (χ3n) is 4.61. The minimum Gasteiger partial charge on any atom is -0.424 e. The van der Waals surface area contributed by atoms with Crippen LogP contribution in [0.25, 0.3) is 11.0 Å². The summed E-state index contributed by atoms with van der Waals surface area (Å²) in [7, 11) is 0. The van der Waals surface area contributed by atoms with E-state index in [-0.39, 0.29) is 24.9 Å². The fourth-order valence-corrected chi connectivity index (χ4v) is 3.22. The highest BCUT2D eigenvalue weighted by atomic mass is 19.3. The Morgan fingerprint density at radius 1 is 1.22 bits per heavy atom. The highest BCUT2D eigenvalue weighted by molar-refractivity contribution is 5.88. The number of halogens is 2.